The molecule has 0 aliphatic rings. The van der Waals surface area contributed by atoms with Crippen molar-refractivity contribution in [1.82, 2.24) is 15.2 Å². The summed E-state index contributed by atoms with van der Waals surface area (Å²) in [6.45, 7) is 0. The highest BCUT2D eigenvalue weighted by atomic mass is 16.5. The van der Waals surface area contributed by atoms with Crippen LogP contribution in [0.3, 0.4) is 0 Å². The van der Waals surface area contributed by atoms with Crippen molar-refractivity contribution in [3.05, 3.63) is 29.8 Å². The zero-order valence-electron chi connectivity index (χ0n) is 11.3. The van der Waals surface area contributed by atoms with E-state index in [1.54, 1.807) is 7.11 Å². The van der Waals surface area contributed by atoms with Crippen molar-refractivity contribution < 1.29 is 14.3 Å². The van der Waals surface area contributed by atoms with E-state index in [0.717, 1.165) is 11.3 Å². The van der Waals surface area contributed by atoms with Gasteiger partial charge in [0, 0.05) is 6.42 Å². The molecule has 0 atom stereocenters. The topological polar surface area (TPSA) is 89.1 Å². The van der Waals surface area contributed by atoms with Gasteiger partial charge >= 0.3 is 6.01 Å². The predicted molar refractivity (Wildman–Crippen MR) is 72.9 cm³/mol. The summed E-state index contributed by atoms with van der Waals surface area (Å²) in [6.07, 6.45) is 0.996. The Kier molecular flexibility index (Phi) is 4.54. The van der Waals surface area contributed by atoms with Gasteiger partial charge in [-0.1, -0.05) is 12.1 Å². The van der Waals surface area contributed by atoms with Gasteiger partial charge in [-0.05, 0) is 24.1 Å². The maximum absolute atomic E-state index is 11.7. The van der Waals surface area contributed by atoms with E-state index >= 15 is 0 Å². The smallest absolute Gasteiger partial charge is 0.336 e. The molecule has 0 fully saturated rings. The molecule has 0 aliphatic heterocycles. The molecule has 1 aromatic heterocycles. The number of hydrogen-bond donors (Lipinski definition) is 2. The molecule has 7 heteroatoms. The highest BCUT2D eigenvalue weighted by Gasteiger charge is 2.07. The van der Waals surface area contributed by atoms with Crippen LogP contribution in [0.4, 0.5) is 5.95 Å². The van der Waals surface area contributed by atoms with Gasteiger partial charge < -0.3 is 9.47 Å². The van der Waals surface area contributed by atoms with Crippen molar-refractivity contribution in [3.8, 4) is 11.8 Å². The Balaban J connectivity index is 1.82. The van der Waals surface area contributed by atoms with E-state index in [1.807, 2.05) is 24.3 Å². The second kappa shape index (κ2) is 6.55. The number of nitrogens with zero attached hydrogens (tertiary/aromatic N) is 2. The fourth-order valence-corrected chi connectivity index (χ4v) is 1.64. The Labute approximate surface area is 116 Å². The van der Waals surface area contributed by atoms with Gasteiger partial charge in [0.15, 0.2) is 0 Å². The minimum absolute atomic E-state index is 0.139. The number of aryl methyl sites for hydroxylation is 1. The highest BCUT2D eigenvalue weighted by Crippen LogP contribution is 2.13. The van der Waals surface area contributed by atoms with Crippen LogP contribution < -0.4 is 14.8 Å². The van der Waals surface area contributed by atoms with E-state index < -0.39 is 0 Å². The summed E-state index contributed by atoms with van der Waals surface area (Å²) < 4.78 is 9.89. The van der Waals surface area contributed by atoms with Crippen molar-refractivity contribution in [2.24, 2.45) is 0 Å². The molecule has 106 valence electrons. The fourth-order valence-electron chi connectivity index (χ4n) is 1.64. The van der Waals surface area contributed by atoms with Crippen LogP contribution in [0.1, 0.15) is 12.0 Å². The first-order valence-corrected chi connectivity index (χ1v) is 6.10. The normalized spacial score (nSPS) is 10.1. The Morgan fingerprint density at radius 3 is 2.60 bits per heavy atom. The maximum atomic E-state index is 11.7. The summed E-state index contributed by atoms with van der Waals surface area (Å²) >= 11 is 0. The monoisotopic (exact) mass is 276 g/mol. The molecule has 0 unspecified atom stereocenters. The summed E-state index contributed by atoms with van der Waals surface area (Å²) in [5.41, 5.74) is 1.07. The van der Waals surface area contributed by atoms with Gasteiger partial charge in [-0.2, -0.15) is 4.98 Å². The fraction of sp³-hybridized carbons (Fsp3) is 0.308. The molecular formula is C13H16N4O3. The third kappa shape index (κ3) is 3.71. The third-order valence-electron chi connectivity index (χ3n) is 2.71. The van der Waals surface area contributed by atoms with Crippen molar-refractivity contribution in [3.63, 3.8) is 0 Å². The van der Waals surface area contributed by atoms with Crippen LogP contribution in [0.5, 0.6) is 11.8 Å². The predicted octanol–water partition coefficient (Wildman–Crippen LogP) is 1.39. The second-order valence-corrected chi connectivity index (χ2v) is 4.07. The Morgan fingerprint density at radius 2 is 2.00 bits per heavy atom. The van der Waals surface area contributed by atoms with Crippen molar-refractivity contribution >= 4 is 11.9 Å². The zero-order valence-corrected chi connectivity index (χ0v) is 11.3. The number of benzene rings is 1. The van der Waals surface area contributed by atoms with Crippen LogP contribution in [0, 0.1) is 0 Å². The van der Waals surface area contributed by atoms with Crippen molar-refractivity contribution in [2.75, 3.05) is 19.5 Å². The Hall–Kier alpha value is -2.57. The lowest BCUT2D eigenvalue weighted by Crippen LogP contribution is -2.13. The number of rotatable bonds is 6. The average molecular weight is 276 g/mol. The van der Waals surface area contributed by atoms with Crippen LogP contribution in [0.25, 0.3) is 0 Å². The number of H-pyrrole nitrogens is 1. The number of carbonyl (C=O) groups excluding carboxylic acids is 1. The molecule has 0 aliphatic carbocycles. The van der Waals surface area contributed by atoms with E-state index in [0.29, 0.717) is 12.8 Å². The number of methoxy groups -OCH3 is 2. The number of amides is 1. The van der Waals surface area contributed by atoms with E-state index in [9.17, 15) is 4.79 Å². The number of ether oxygens (including phenoxy) is 2. The van der Waals surface area contributed by atoms with Crippen LogP contribution in [-0.4, -0.2) is 35.3 Å². The summed E-state index contributed by atoms with van der Waals surface area (Å²) in [5, 5.41) is 8.92. The number of anilines is 1. The first-order chi connectivity index (χ1) is 9.71. The number of carbonyl (C=O) groups is 1. The van der Waals surface area contributed by atoms with E-state index in [1.165, 1.54) is 7.11 Å². The quantitative estimate of drug-likeness (QED) is 0.832. The van der Waals surface area contributed by atoms with Crippen molar-refractivity contribution in [1.29, 1.82) is 0 Å². The summed E-state index contributed by atoms with van der Waals surface area (Å²) in [6, 6.07) is 7.80. The Morgan fingerprint density at radius 1 is 1.25 bits per heavy atom. The lowest BCUT2D eigenvalue weighted by atomic mass is 10.1. The molecule has 0 radical (unpaired) electrons. The molecule has 0 bridgehead atoms. The second-order valence-electron chi connectivity index (χ2n) is 4.07. The molecule has 20 heavy (non-hydrogen) atoms. The molecule has 2 aromatic rings. The molecule has 0 saturated carbocycles. The molecule has 1 amide bonds. The molecule has 0 spiro atoms. The van der Waals surface area contributed by atoms with Gasteiger partial charge in [-0.3, -0.25) is 10.1 Å². The van der Waals surface area contributed by atoms with Crippen LogP contribution in [0.15, 0.2) is 24.3 Å². The molecule has 0 saturated heterocycles. The minimum atomic E-state index is -0.139. The SMILES string of the molecule is COc1ccc(CCC(=O)Nc2nc(OC)n[nH]2)cc1. The standard InChI is InChI=1S/C13H16N4O3/c1-19-10-6-3-9(4-7-10)5-8-11(18)14-12-15-13(20-2)17-16-12/h3-4,6-7H,5,8H2,1-2H3,(H2,14,15,16,17,18). The Bertz CT molecular complexity index is 565. The van der Waals surface area contributed by atoms with Crippen LogP contribution in [0.2, 0.25) is 0 Å². The lowest BCUT2D eigenvalue weighted by molar-refractivity contribution is -0.116. The third-order valence-corrected chi connectivity index (χ3v) is 2.71. The maximum Gasteiger partial charge on any atom is 0.336 e. The van der Waals surface area contributed by atoms with Crippen LogP contribution >= 0.6 is 0 Å². The lowest BCUT2D eigenvalue weighted by Gasteiger charge is -2.03. The summed E-state index contributed by atoms with van der Waals surface area (Å²) in [4.78, 5) is 15.7. The molecular weight excluding hydrogens is 260 g/mol. The van der Waals surface area contributed by atoms with Crippen molar-refractivity contribution in [2.45, 2.75) is 12.8 Å². The minimum Gasteiger partial charge on any atom is -0.497 e. The molecule has 1 heterocycles. The summed E-state index contributed by atoms with van der Waals surface area (Å²) in [5.74, 6) is 0.938. The first-order valence-electron chi connectivity index (χ1n) is 6.10. The largest absolute Gasteiger partial charge is 0.497 e. The number of aromatic amines is 1. The first kappa shape index (κ1) is 13.9. The highest BCUT2D eigenvalue weighted by molar-refractivity contribution is 5.89. The van der Waals surface area contributed by atoms with Gasteiger partial charge in [-0.15, -0.1) is 5.10 Å². The van der Waals surface area contributed by atoms with Gasteiger partial charge in [-0.25, -0.2) is 5.10 Å². The number of aromatic nitrogens is 3. The van der Waals surface area contributed by atoms with E-state index in [-0.39, 0.29) is 17.9 Å². The number of nitrogens with one attached hydrogen (secondary N) is 2. The van der Waals surface area contributed by atoms with Gasteiger partial charge in [0.1, 0.15) is 5.75 Å². The van der Waals surface area contributed by atoms with Gasteiger partial charge in [0.25, 0.3) is 0 Å². The average Bonchev–Trinajstić information content (AvgIpc) is 2.93. The van der Waals surface area contributed by atoms with Gasteiger partial charge in [0.05, 0.1) is 14.2 Å². The van der Waals surface area contributed by atoms with E-state index in [2.05, 4.69) is 20.5 Å². The van der Waals surface area contributed by atoms with Gasteiger partial charge in [0.2, 0.25) is 11.9 Å². The number of hydrogen-bond acceptors (Lipinski definition) is 5. The van der Waals surface area contributed by atoms with Crippen LogP contribution in [-0.2, 0) is 11.2 Å². The zero-order chi connectivity index (χ0) is 14.4. The molecule has 7 nitrogen and oxygen atoms in total. The molecule has 1 aromatic carbocycles. The molecule has 2 rings (SSSR count). The summed E-state index contributed by atoms with van der Waals surface area (Å²) in [7, 11) is 3.08. The molecule has 2 N–H and O–H groups in total. The van der Waals surface area contributed by atoms with E-state index in [4.69, 9.17) is 9.47 Å².